The number of rotatable bonds is 4. The molecule has 1 aliphatic heterocycles. The quantitative estimate of drug-likeness (QED) is 0.944. The van der Waals surface area contributed by atoms with Crippen molar-refractivity contribution < 1.29 is 18.3 Å². The second kappa shape index (κ2) is 6.23. The van der Waals surface area contributed by atoms with Crippen LogP contribution < -0.4 is 5.32 Å². The van der Waals surface area contributed by atoms with Crippen molar-refractivity contribution >= 4 is 11.6 Å². The molecule has 22 heavy (non-hydrogen) atoms. The number of anilines is 1. The number of ether oxygens (including phenoxy) is 1. The minimum Gasteiger partial charge on any atom is -0.376 e. The van der Waals surface area contributed by atoms with Crippen LogP contribution in [0.3, 0.4) is 0 Å². The second-order valence-corrected chi connectivity index (χ2v) is 5.17. The first kappa shape index (κ1) is 14.6. The van der Waals surface area contributed by atoms with Crippen LogP contribution in [-0.2, 0) is 11.3 Å². The molecule has 5 nitrogen and oxygen atoms in total. The van der Waals surface area contributed by atoms with Crippen LogP contribution in [0.1, 0.15) is 23.2 Å². The topological polar surface area (TPSA) is 56.2 Å². The zero-order valence-electron chi connectivity index (χ0n) is 11.8. The van der Waals surface area contributed by atoms with Gasteiger partial charge in [0.15, 0.2) is 11.6 Å². The van der Waals surface area contributed by atoms with E-state index in [0.29, 0.717) is 12.2 Å². The first-order valence-corrected chi connectivity index (χ1v) is 7.02. The van der Waals surface area contributed by atoms with E-state index in [4.69, 9.17) is 4.74 Å². The molecule has 0 saturated carbocycles. The van der Waals surface area contributed by atoms with Crippen molar-refractivity contribution in [1.29, 1.82) is 0 Å². The van der Waals surface area contributed by atoms with E-state index in [2.05, 4.69) is 10.4 Å². The number of hydrogen-bond donors (Lipinski definition) is 1. The van der Waals surface area contributed by atoms with Gasteiger partial charge in [-0.05, 0) is 31.0 Å². The Kier molecular flexibility index (Phi) is 4.15. The maximum atomic E-state index is 13.1. The number of benzene rings is 1. The van der Waals surface area contributed by atoms with Gasteiger partial charge in [0.1, 0.15) is 0 Å². The highest BCUT2D eigenvalue weighted by molar-refractivity contribution is 6.04. The first-order valence-electron chi connectivity index (χ1n) is 7.02. The third kappa shape index (κ3) is 3.30. The smallest absolute Gasteiger partial charge is 0.255 e. The Morgan fingerprint density at radius 1 is 1.41 bits per heavy atom. The number of aromatic nitrogens is 2. The van der Waals surface area contributed by atoms with E-state index in [0.717, 1.165) is 31.6 Å². The van der Waals surface area contributed by atoms with Gasteiger partial charge in [-0.3, -0.25) is 9.48 Å². The fourth-order valence-corrected chi connectivity index (χ4v) is 2.37. The standard InChI is InChI=1S/C15H15F2N3O2/c16-13-4-3-10(6-14(13)17)15(21)19-11-7-18-20(8-11)9-12-2-1-5-22-12/h3-4,6-8,12H,1-2,5,9H2,(H,19,21). The van der Waals surface area contributed by atoms with Gasteiger partial charge in [0.25, 0.3) is 5.91 Å². The summed E-state index contributed by atoms with van der Waals surface area (Å²) >= 11 is 0. The van der Waals surface area contributed by atoms with E-state index in [1.54, 1.807) is 10.9 Å². The molecule has 0 aliphatic carbocycles. The molecule has 1 unspecified atom stereocenters. The van der Waals surface area contributed by atoms with Crippen molar-refractivity contribution in [3.63, 3.8) is 0 Å². The first-order chi connectivity index (χ1) is 10.6. The lowest BCUT2D eigenvalue weighted by molar-refractivity contribution is 0.0940. The Hall–Kier alpha value is -2.28. The van der Waals surface area contributed by atoms with Gasteiger partial charge in [0.05, 0.1) is 24.5 Å². The molecule has 0 bridgehead atoms. The molecule has 2 heterocycles. The van der Waals surface area contributed by atoms with E-state index in [1.165, 1.54) is 12.3 Å². The van der Waals surface area contributed by atoms with Crippen LogP contribution in [-0.4, -0.2) is 28.4 Å². The molecule has 2 aromatic rings. The highest BCUT2D eigenvalue weighted by atomic mass is 19.2. The third-order valence-electron chi connectivity index (χ3n) is 3.49. The fourth-order valence-electron chi connectivity index (χ4n) is 2.37. The fraction of sp³-hybridized carbons (Fsp3) is 0.333. The lowest BCUT2D eigenvalue weighted by Gasteiger charge is -2.08. The third-order valence-corrected chi connectivity index (χ3v) is 3.49. The Morgan fingerprint density at radius 3 is 3.00 bits per heavy atom. The van der Waals surface area contributed by atoms with Crippen LogP contribution in [0, 0.1) is 11.6 Å². The van der Waals surface area contributed by atoms with Crippen LogP contribution in [0.4, 0.5) is 14.5 Å². The zero-order chi connectivity index (χ0) is 15.5. The molecular weight excluding hydrogens is 292 g/mol. The molecule has 1 amide bonds. The Morgan fingerprint density at radius 2 is 2.27 bits per heavy atom. The molecule has 1 saturated heterocycles. The van der Waals surface area contributed by atoms with E-state index in [1.807, 2.05) is 0 Å². The molecule has 0 spiro atoms. The number of carbonyl (C=O) groups is 1. The Labute approximate surface area is 125 Å². The van der Waals surface area contributed by atoms with Gasteiger partial charge in [0, 0.05) is 18.4 Å². The minimum atomic E-state index is -1.05. The lowest BCUT2D eigenvalue weighted by Crippen LogP contribution is -2.15. The van der Waals surface area contributed by atoms with E-state index in [-0.39, 0.29) is 11.7 Å². The van der Waals surface area contributed by atoms with E-state index < -0.39 is 17.5 Å². The van der Waals surface area contributed by atoms with Crippen LogP contribution in [0.5, 0.6) is 0 Å². The molecule has 0 radical (unpaired) electrons. The molecule has 1 fully saturated rings. The largest absolute Gasteiger partial charge is 0.376 e. The summed E-state index contributed by atoms with van der Waals surface area (Å²) in [5.74, 6) is -2.56. The molecule has 1 N–H and O–H groups in total. The van der Waals surface area contributed by atoms with Crippen LogP contribution in [0.15, 0.2) is 30.6 Å². The lowest BCUT2D eigenvalue weighted by atomic mass is 10.2. The summed E-state index contributed by atoms with van der Waals surface area (Å²) in [5, 5.41) is 6.74. The zero-order valence-corrected chi connectivity index (χ0v) is 11.8. The van der Waals surface area contributed by atoms with E-state index >= 15 is 0 Å². The maximum absolute atomic E-state index is 13.1. The van der Waals surface area contributed by atoms with Gasteiger partial charge in [-0.1, -0.05) is 0 Å². The van der Waals surface area contributed by atoms with Gasteiger partial charge in [-0.2, -0.15) is 5.10 Å². The summed E-state index contributed by atoms with van der Waals surface area (Å²) in [6.07, 6.45) is 5.38. The molecule has 1 aromatic heterocycles. The number of amides is 1. The SMILES string of the molecule is O=C(Nc1cnn(CC2CCCO2)c1)c1ccc(F)c(F)c1. The maximum Gasteiger partial charge on any atom is 0.255 e. The highest BCUT2D eigenvalue weighted by Crippen LogP contribution is 2.16. The normalized spacial score (nSPS) is 17.6. The van der Waals surface area contributed by atoms with Crippen LogP contribution >= 0.6 is 0 Å². The average molecular weight is 307 g/mol. The Bertz CT molecular complexity index is 681. The Balaban J connectivity index is 1.63. The minimum absolute atomic E-state index is 0.0470. The summed E-state index contributed by atoms with van der Waals surface area (Å²) in [5.41, 5.74) is 0.540. The predicted octanol–water partition coefficient (Wildman–Crippen LogP) is 2.59. The van der Waals surface area contributed by atoms with Gasteiger partial charge in [-0.25, -0.2) is 8.78 Å². The molecule has 1 aromatic carbocycles. The summed E-state index contributed by atoms with van der Waals surface area (Å²) in [6, 6.07) is 3.01. The number of nitrogens with zero attached hydrogens (tertiary/aromatic N) is 2. The van der Waals surface area contributed by atoms with Crippen LogP contribution in [0.2, 0.25) is 0 Å². The molecule has 1 atom stereocenters. The van der Waals surface area contributed by atoms with Crippen molar-refractivity contribution in [3.05, 3.63) is 47.8 Å². The highest BCUT2D eigenvalue weighted by Gasteiger charge is 2.17. The van der Waals surface area contributed by atoms with Crippen molar-refractivity contribution in [2.45, 2.75) is 25.5 Å². The number of halogens is 2. The van der Waals surface area contributed by atoms with Crippen molar-refractivity contribution in [3.8, 4) is 0 Å². The van der Waals surface area contributed by atoms with Crippen molar-refractivity contribution in [1.82, 2.24) is 9.78 Å². The van der Waals surface area contributed by atoms with Crippen molar-refractivity contribution in [2.24, 2.45) is 0 Å². The van der Waals surface area contributed by atoms with Gasteiger partial charge in [-0.15, -0.1) is 0 Å². The summed E-state index contributed by atoms with van der Waals surface area (Å²) in [4.78, 5) is 12.0. The number of nitrogens with one attached hydrogen (secondary N) is 1. The monoisotopic (exact) mass is 307 g/mol. The van der Waals surface area contributed by atoms with Gasteiger partial charge < -0.3 is 10.1 Å². The summed E-state index contributed by atoms with van der Waals surface area (Å²) in [7, 11) is 0. The van der Waals surface area contributed by atoms with Crippen molar-refractivity contribution in [2.75, 3.05) is 11.9 Å². The van der Waals surface area contributed by atoms with Gasteiger partial charge in [0.2, 0.25) is 0 Å². The van der Waals surface area contributed by atoms with Gasteiger partial charge >= 0.3 is 0 Å². The summed E-state index contributed by atoms with van der Waals surface area (Å²) in [6.45, 7) is 1.40. The molecule has 1 aliphatic rings. The molecule has 116 valence electrons. The predicted molar refractivity (Wildman–Crippen MR) is 75.5 cm³/mol. The molecule has 7 heteroatoms. The van der Waals surface area contributed by atoms with E-state index in [9.17, 15) is 13.6 Å². The molecule has 3 rings (SSSR count). The van der Waals surface area contributed by atoms with Crippen LogP contribution in [0.25, 0.3) is 0 Å². The number of carbonyl (C=O) groups excluding carboxylic acids is 1. The number of hydrogen-bond acceptors (Lipinski definition) is 3. The summed E-state index contributed by atoms with van der Waals surface area (Å²) < 4.78 is 33.2. The second-order valence-electron chi connectivity index (χ2n) is 5.17. The average Bonchev–Trinajstić information content (AvgIpc) is 3.14. The molecular formula is C15H15F2N3O2.